The fraction of sp³-hybridized carbons (Fsp3) is 0.333. The molecule has 0 aliphatic heterocycles. The van der Waals surface area contributed by atoms with Gasteiger partial charge in [-0.25, -0.2) is 4.39 Å². The van der Waals surface area contributed by atoms with Crippen molar-refractivity contribution in [2.45, 2.75) is 6.04 Å². The second-order valence-electron chi connectivity index (χ2n) is 4.19. The van der Waals surface area contributed by atoms with Crippen molar-refractivity contribution in [3.05, 3.63) is 35.6 Å². The number of hydrogen-bond donors (Lipinski definition) is 2. The van der Waals surface area contributed by atoms with E-state index in [1.807, 2.05) is 0 Å². The summed E-state index contributed by atoms with van der Waals surface area (Å²) in [6, 6.07) is 4.31. The Hall–Kier alpha value is -1.95. The Kier molecular flexibility index (Phi) is 4.79. The molecule has 5 nitrogen and oxygen atoms in total. The standard InChI is InChI=1S/C12H16FN3O2/c1-16(2)7-10(17)15-11(12(14)18)8-3-5-9(13)6-4-8/h3-6,11H,7H2,1-2H3,(H2,14,18)(H,15,17)/t11-/m1/s1. The van der Waals surface area contributed by atoms with Crippen molar-refractivity contribution < 1.29 is 14.0 Å². The van der Waals surface area contributed by atoms with Gasteiger partial charge >= 0.3 is 0 Å². The molecule has 0 spiro atoms. The SMILES string of the molecule is CN(C)CC(=O)N[C@@H](C(N)=O)c1ccc(F)cc1. The third kappa shape index (κ3) is 4.14. The minimum atomic E-state index is -0.946. The van der Waals surface area contributed by atoms with Gasteiger partial charge in [-0.15, -0.1) is 0 Å². The lowest BCUT2D eigenvalue weighted by Crippen LogP contribution is -2.41. The van der Waals surface area contributed by atoms with E-state index in [0.29, 0.717) is 5.56 Å². The average Bonchev–Trinajstić information content (AvgIpc) is 2.26. The fourth-order valence-electron chi connectivity index (χ4n) is 1.47. The number of hydrogen-bond acceptors (Lipinski definition) is 3. The third-order valence-corrected chi connectivity index (χ3v) is 2.25. The topological polar surface area (TPSA) is 75.4 Å². The van der Waals surface area contributed by atoms with Crippen molar-refractivity contribution in [2.75, 3.05) is 20.6 Å². The van der Waals surface area contributed by atoms with Gasteiger partial charge in [-0.1, -0.05) is 12.1 Å². The Morgan fingerprint density at radius 3 is 2.33 bits per heavy atom. The van der Waals surface area contributed by atoms with Gasteiger partial charge < -0.3 is 16.0 Å². The third-order valence-electron chi connectivity index (χ3n) is 2.25. The van der Waals surface area contributed by atoms with Gasteiger partial charge in [0, 0.05) is 0 Å². The van der Waals surface area contributed by atoms with Gasteiger partial charge in [0.05, 0.1) is 6.54 Å². The maximum Gasteiger partial charge on any atom is 0.244 e. The van der Waals surface area contributed by atoms with Crippen LogP contribution in [0.2, 0.25) is 0 Å². The summed E-state index contributed by atoms with van der Waals surface area (Å²) in [5.74, 6) is -1.43. The van der Waals surface area contributed by atoms with Crippen LogP contribution < -0.4 is 11.1 Å². The maximum absolute atomic E-state index is 12.8. The van der Waals surface area contributed by atoms with E-state index in [2.05, 4.69) is 5.32 Å². The largest absolute Gasteiger partial charge is 0.368 e. The van der Waals surface area contributed by atoms with E-state index >= 15 is 0 Å². The molecule has 98 valence electrons. The molecule has 1 atom stereocenters. The molecule has 1 rings (SSSR count). The molecule has 0 bridgehead atoms. The second-order valence-corrected chi connectivity index (χ2v) is 4.19. The molecule has 0 unspecified atom stereocenters. The lowest BCUT2D eigenvalue weighted by Gasteiger charge is -2.17. The van der Waals surface area contributed by atoms with Crippen LogP contribution in [0, 0.1) is 5.82 Å². The van der Waals surface area contributed by atoms with Gasteiger partial charge in [-0.2, -0.15) is 0 Å². The van der Waals surface area contributed by atoms with E-state index in [1.165, 1.54) is 24.3 Å². The first-order valence-corrected chi connectivity index (χ1v) is 5.39. The van der Waals surface area contributed by atoms with Crippen LogP contribution in [0.25, 0.3) is 0 Å². The highest BCUT2D eigenvalue weighted by Crippen LogP contribution is 2.13. The Bertz CT molecular complexity index is 431. The van der Waals surface area contributed by atoms with Crippen LogP contribution in [0.1, 0.15) is 11.6 Å². The van der Waals surface area contributed by atoms with Crippen LogP contribution in [0.5, 0.6) is 0 Å². The van der Waals surface area contributed by atoms with E-state index in [1.54, 1.807) is 19.0 Å². The molecule has 0 fully saturated rings. The molecule has 0 aromatic heterocycles. The Labute approximate surface area is 105 Å². The van der Waals surface area contributed by atoms with Crippen LogP contribution in [-0.2, 0) is 9.59 Å². The lowest BCUT2D eigenvalue weighted by molar-refractivity contribution is -0.127. The van der Waals surface area contributed by atoms with E-state index in [-0.39, 0.29) is 12.5 Å². The predicted molar refractivity (Wildman–Crippen MR) is 65.0 cm³/mol. The van der Waals surface area contributed by atoms with Gasteiger partial charge in [0.15, 0.2) is 0 Å². The zero-order valence-electron chi connectivity index (χ0n) is 10.3. The minimum Gasteiger partial charge on any atom is -0.368 e. The van der Waals surface area contributed by atoms with Crippen LogP contribution in [0.4, 0.5) is 4.39 Å². The second kappa shape index (κ2) is 6.11. The summed E-state index contributed by atoms with van der Waals surface area (Å²) in [5.41, 5.74) is 5.68. The first-order chi connectivity index (χ1) is 8.40. The summed E-state index contributed by atoms with van der Waals surface area (Å²) in [7, 11) is 3.47. The highest BCUT2D eigenvalue weighted by atomic mass is 19.1. The molecular weight excluding hydrogens is 237 g/mol. The molecular formula is C12H16FN3O2. The molecule has 18 heavy (non-hydrogen) atoms. The molecule has 0 aliphatic carbocycles. The van der Waals surface area contributed by atoms with Gasteiger partial charge in [0.1, 0.15) is 11.9 Å². The summed E-state index contributed by atoms with van der Waals surface area (Å²) in [5, 5.41) is 2.51. The van der Waals surface area contributed by atoms with Crippen molar-refractivity contribution in [2.24, 2.45) is 5.73 Å². The zero-order valence-corrected chi connectivity index (χ0v) is 10.3. The van der Waals surface area contributed by atoms with Gasteiger partial charge in [0.25, 0.3) is 0 Å². The van der Waals surface area contributed by atoms with Crippen LogP contribution in [-0.4, -0.2) is 37.4 Å². The Balaban J connectivity index is 2.80. The number of nitrogens with two attached hydrogens (primary N) is 1. The van der Waals surface area contributed by atoms with Gasteiger partial charge in [-0.3, -0.25) is 9.59 Å². The number of benzene rings is 1. The summed E-state index contributed by atoms with van der Waals surface area (Å²) >= 11 is 0. The average molecular weight is 253 g/mol. The number of likely N-dealkylation sites (N-methyl/N-ethyl adjacent to an activating group) is 1. The summed E-state index contributed by atoms with van der Waals surface area (Å²) in [6.07, 6.45) is 0. The molecule has 0 saturated heterocycles. The Morgan fingerprint density at radius 2 is 1.89 bits per heavy atom. The number of nitrogens with zero attached hydrogens (tertiary/aromatic N) is 1. The molecule has 1 aromatic rings. The number of amides is 2. The monoisotopic (exact) mass is 253 g/mol. The van der Waals surface area contributed by atoms with Gasteiger partial charge in [-0.05, 0) is 31.8 Å². The number of halogens is 1. The maximum atomic E-state index is 12.8. The van der Waals surface area contributed by atoms with Gasteiger partial charge in [0.2, 0.25) is 11.8 Å². The van der Waals surface area contributed by atoms with Crippen LogP contribution in [0.15, 0.2) is 24.3 Å². The first kappa shape index (κ1) is 14.1. The Morgan fingerprint density at radius 1 is 1.33 bits per heavy atom. The van der Waals surface area contributed by atoms with Crippen molar-refractivity contribution in [3.8, 4) is 0 Å². The highest BCUT2D eigenvalue weighted by molar-refractivity contribution is 5.88. The first-order valence-electron chi connectivity index (χ1n) is 5.39. The number of rotatable bonds is 5. The summed E-state index contributed by atoms with van der Waals surface area (Å²) < 4.78 is 12.8. The van der Waals surface area contributed by atoms with Crippen LogP contribution in [0.3, 0.4) is 0 Å². The highest BCUT2D eigenvalue weighted by Gasteiger charge is 2.20. The van der Waals surface area contributed by atoms with Crippen molar-refractivity contribution in [1.82, 2.24) is 10.2 Å². The molecule has 1 aromatic carbocycles. The van der Waals surface area contributed by atoms with E-state index in [4.69, 9.17) is 5.73 Å². The number of primary amides is 1. The normalized spacial score (nSPS) is 12.2. The number of carbonyl (C=O) groups excluding carboxylic acids is 2. The van der Waals surface area contributed by atoms with E-state index in [9.17, 15) is 14.0 Å². The minimum absolute atomic E-state index is 0.144. The number of nitrogens with one attached hydrogen (secondary N) is 1. The quantitative estimate of drug-likeness (QED) is 0.777. The van der Waals surface area contributed by atoms with Crippen molar-refractivity contribution >= 4 is 11.8 Å². The smallest absolute Gasteiger partial charge is 0.244 e. The molecule has 0 radical (unpaired) electrons. The molecule has 6 heteroatoms. The van der Waals surface area contributed by atoms with E-state index < -0.39 is 17.8 Å². The summed E-state index contributed by atoms with van der Waals surface area (Å²) in [6.45, 7) is 0.144. The zero-order chi connectivity index (χ0) is 13.7. The summed E-state index contributed by atoms with van der Waals surface area (Å²) in [4.78, 5) is 24.5. The molecule has 0 heterocycles. The van der Waals surface area contributed by atoms with Crippen molar-refractivity contribution in [1.29, 1.82) is 0 Å². The molecule has 3 N–H and O–H groups in total. The molecule has 2 amide bonds. The fourth-order valence-corrected chi connectivity index (χ4v) is 1.47. The predicted octanol–water partition coefficient (Wildman–Crippen LogP) is 0.0299. The lowest BCUT2D eigenvalue weighted by atomic mass is 10.1. The van der Waals surface area contributed by atoms with Crippen molar-refractivity contribution in [3.63, 3.8) is 0 Å². The molecule has 0 saturated carbocycles. The van der Waals surface area contributed by atoms with E-state index in [0.717, 1.165) is 0 Å². The van der Waals surface area contributed by atoms with Crippen LogP contribution >= 0.6 is 0 Å². The number of carbonyl (C=O) groups is 2. The molecule has 0 aliphatic rings.